The van der Waals surface area contributed by atoms with Crippen LogP contribution in [-0.2, 0) is 0 Å². The van der Waals surface area contributed by atoms with Gasteiger partial charge in [-0.1, -0.05) is 140 Å². The van der Waals surface area contributed by atoms with E-state index in [4.69, 9.17) is 4.42 Å². The summed E-state index contributed by atoms with van der Waals surface area (Å²) in [6.07, 6.45) is 9.12. The fourth-order valence-electron chi connectivity index (χ4n) is 8.26. The molecule has 3 heterocycles. The molecule has 0 radical (unpaired) electrons. The Labute approximate surface area is 310 Å². The van der Waals surface area contributed by atoms with Gasteiger partial charge in [-0.2, -0.15) is 0 Å². The van der Waals surface area contributed by atoms with Crippen LogP contribution in [0.3, 0.4) is 0 Å². The average molecular weight is 702 g/mol. The van der Waals surface area contributed by atoms with Crippen molar-refractivity contribution in [2.75, 3.05) is 4.90 Å². The van der Waals surface area contributed by atoms with Crippen LogP contribution in [0.4, 0.5) is 17.1 Å². The van der Waals surface area contributed by atoms with Gasteiger partial charge in [0.05, 0.1) is 16.1 Å². The van der Waals surface area contributed by atoms with Crippen LogP contribution in [-0.4, -0.2) is 5.25 Å². The molecule has 0 spiro atoms. The van der Waals surface area contributed by atoms with Crippen LogP contribution in [0.25, 0.3) is 64.4 Å². The number of thioether (sulfide) groups is 1. The Morgan fingerprint density at radius 2 is 1.29 bits per heavy atom. The zero-order chi connectivity index (χ0) is 34.2. The molecule has 2 aromatic heterocycles. The van der Waals surface area contributed by atoms with Gasteiger partial charge in [0.1, 0.15) is 11.2 Å². The number of para-hydroxylation sites is 2. The standard InChI is InChI=1S/C48H31NOS2/c1-2-13-30(14-3-1)40-29-31(27-28-32(40)36-18-10-19-37-33-15-4-7-24-43(33)50-46(36)37)49(41-22-11-20-38-34-16-5-8-25-44(34)51-47(38)41)42-23-12-21-39-35-17-6-9-26-45(35)52-48(39)42/h1-29,34,44H. The highest BCUT2D eigenvalue weighted by molar-refractivity contribution is 8.00. The van der Waals surface area contributed by atoms with Gasteiger partial charge in [-0.05, 0) is 58.7 Å². The Balaban J connectivity index is 1.18. The van der Waals surface area contributed by atoms with Crippen molar-refractivity contribution in [1.82, 2.24) is 0 Å². The van der Waals surface area contributed by atoms with Gasteiger partial charge >= 0.3 is 0 Å². The molecule has 11 rings (SSSR count). The van der Waals surface area contributed by atoms with Gasteiger partial charge < -0.3 is 9.32 Å². The topological polar surface area (TPSA) is 16.4 Å². The summed E-state index contributed by atoms with van der Waals surface area (Å²) in [7, 11) is 0. The highest BCUT2D eigenvalue weighted by Crippen LogP contribution is 2.55. The van der Waals surface area contributed by atoms with E-state index in [2.05, 4.69) is 175 Å². The molecule has 2 unspecified atom stereocenters. The van der Waals surface area contributed by atoms with E-state index in [1.165, 1.54) is 53.1 Å². The first-order valence-electron chi connectivity index (χ1n) is 17.8. The third kappa shape index (κ3) is 4.58. The Bertz CT molecular complexity index is 2910. The summed E-state index contributed by atoms with van der Waals surface area (Å²) < 4.78 is 9.19. The quantitative estimate of drug-likeness (QED) is 0.178. The fraction of sp³-hybridized carbons (Fsp3) is 0.0417. The molecule has 0 saturated heterocycles. The predicted octanol–water partition coefficient (Wildman–Crippen LogP) is 14.4. The van der Waals surface area contributed by atoms with Gasteiger partial charge in [0, 0.05) is 53.6 Å². The minimum Gasteiger partial charge on any atom is -0.455 e. The van der Waals surface area contributed by atoms with Crippen molar-refractivity contribution in [3.8, 4) is 22.3 Å². The van der Waals surface area contributed by atoms with Crippen LogP contribution in [0.5, 0.6) is 0 Å². The lowest BCUT2D eigenvalue weighted by molar-refractivity contribution is 0.670. The highest BCUT2D eigenvalue weighted by Gasteiger charge is 2.34. The summed E-state index contributed by atoms with van der Waals surface area (Å²) in [4.78, 5) is 3.87. The third-order valence-corrected chi connectivity index (χ3v) is 13.2. The second-order valence-electron chi connectivity index (χ2n) is 13.5. The van der Waals surface area contributed by atoms with E-state index in [9.17, 15) is 0 Å². The van der Waals surface area contributed by atoms with Crippen molar-refractivity contribution in [2.24, 2.45) is 0 Å². The number of anilines is 3. The Hall–Kier alpha value is -5.81. The van der Waals surface area contributed by atoms with Crippen molar-refractivity contribution in [3.05, 3.63) is 182 Å². The number of nitrogens with zero attached hydrogens (tertiary/aromatic N) is 1. The smallest absolute Gasteiger partial charge is 0.143 e. The van der Waals surface area contributed by atoms with Crippen molar-refractivity contribution >= 4 is 82.3 Å². The van der Waals surface area contributed by atoms with E-state index in [-0.39, 0.29) is 0 Å². The van der Waals surface area contributed by atoms with E-state index in [0.717, 1.165) is 38.8 Å². The number of hydrogen-bond donors (Lipinski definition) is 0. The number of fused-ring (bicyclic) bond motifs is 9. The molecule has 0 fully saturated rings. The second kappa shape index (κ2) is 11.9. The lowest BCUT2D eigenvalue weighted by atomic mass is 9.91. The first-order valence-corrected chi connectivity index (χ1v) is 19.4. The Morgan fingerprint density at radius 1 is 0.538 bits per heavy atom. The fourth-order valence-corrected chi connectivity index (χ4v) is 10.9. The minimum absolute atomic E-state index is 0.374. The summed E-state index contributed by atoms with van der Waals surface area (Å²) in [5, 5.41) is 5.27. The molecular formula is C48H31NOS2. The van der Waals surface area contributed by atoms with E-state index >= 15 is 0 Å². The summed E-state index contributed by atoms with van der Waals surface area (Å²) >= 11 is 3.87. The molecule has 0 bridgehead atoms. The first-order chi connectivity index (χ1) is 25.8. The number of rotatable bonds is 5. The maximum absolute atomic E-state index is 6.60. The summed E-state index contributed by atoms with van der Waals surface area (Å²) in [6.45, 7) is 0. The lowest BCUT2D eigenvalue weighted by Crippen LogP contribution is -2.12. The van der Waals surface area contributed by atoms with E-state index < -0.39 is 0 Å². The van der Waals surface area contributed by atoms with Gasteiger partial charge in [0.2, 0.25) is 0 Å². The van der Waals surface area contributed by atoms with Crippen molar-refractivity contribution < 1.29 is 4.42 Å². The zero-order valence-electron chi connectivity index (χ0n) is 28.1. The molecule has 1 aliphatic heterocycles. The van der Waals surface area contributed by atoms with Crippen LogP contribution in [0, 0.1) is 0 Å². The van der Waals surface area contributed by atoms with Gasteiger partial charge in [-0.15, -0.1) is 23.1 Å². The normalized spacial score (nSPS) is 16.2. The van der Waals surface area contributed by atoms with Crippen LogP contribution in [0.15, 0.2) is 185 Å². The molecule has 9 aromatic rings. The molecule has 0 N–H and O–H groups in total. The van der Waals surface area contributed by atoms with Crippen LogP contribution >= 0.6 is 23.1 Å². The van der Waals surface area contributed by atoms with Crippen LogP contribution < -0.4 is 4.90 Å². The second-order valence-corrected chi connectivity index (χ2v) is 15.8. The van der Waals surface area contributed by atoms with Gasteiger partial charge in [0.15, 0.2) is 0 Å². The highest BCUT2D eigenvalue weighted by atomic mass is 32.2. The first kappa shape index (κ1) is 29.9. The van der Waals surface area contributed by atoms with Gasteiger partial charge in [-0.25, -0.2) is 0 Å². The van der Waals surface area contributed by atoms with Gasteiger partial charge in [0.25, 0.3) is 0 Å². The monoisotopic (exact) mass is 701 g/mol. The molecule has 0 saturated carbocycles. The number of thiophene rings is 1. The number of benzene rings is 7. The summed E-state index contributed by atoms with van der Waals surface area (Å²) in [5.74, 6) is 0.374. The Morgan fingerprint density at radius 3 is 2.23 bits per heavy atom. The van der Waals surface area contributed by atoms with Crippen molar-refractivity contribution in [3.63, 3.8) is 0 Å². The molecular weight excluding hydrogens is 671 g/mol. The average Bonchev–Trinajstić information content (AvgIpc) is 3.91. The maximum Gasteiger partial charge on any atom is 0.143 e. The largest absolute Gasteiger partial charge is 0.455 e. The molecule has 0 amide bonds. The molecule has 1 aliphatic carbocycles. The number of allylic oxidation sites excluding steroid dienone is 3. The van der Waals surface area contributed by atoms with E-state index in [0.29, 0.717) is 11.2 Å². The van der Waals surface area contributed by atoms with E-state index in [1.54, 1.807) is 0 Å². The zero-order valence-corrected chi connectivity index (χ0v) is 29.7. The predicted molar refractivity (Wildman–Crippen MR) is 223 cm³/mol. The molecule has 52 heavy (non-hydrogen) atoms. The number of hydrogen-bond acceptors (Lipinski definition) is 4. The third-order valence-electron chi connectivity index (χ3n) is 10.6. The summed E-state index contributed by atoms with van der Waals surface area (Å²) in [5.41, 5.74) is 11.3. The minimum atomic E-state index is 0.374. The van der Waals surface area contributed by atoms with Crippen LogP contribution in [0.2, 0.25) is 0 Å². The molecule has 7 aromatic carbocycles. The SMILES string of the molecule is C1=CC2Sc3c(cccc3N(c3ccc(-c4cccc5c4oc4ccccc45)c(-c4ccccc4)c3)c3cccc4c3sc3ccccc34)C2C=C1. The molecule has 2 aliphatic rings. The maximum atomic E-state index is 6.60. The van der Waals surface area contributed by atoms with Gasteiger partial charge in [-0.3, -0.25) is 0 Å². The van der Waals surface area contributed by atoms with Crippen molar-refractivity contribution in [2.45, 2.75) is 16.1 Å². The van der Waals surface area contributed by atoms with Crippen molar-refractivity contribution in [1.29, 1.82) is 0 Å². The molecule has 4 heteroatoms. The number of furan rings is 1. The summed E-state index contributed by atoms with van der Waals surface area (Å²) in [6, 6.07) is 55.1. The molecule has 2 nitrogen and oxygen atoms in total. The Kier molecular flexibility index (Phi) is 6.82. The molecule has 246 valence electrons. The lowest BCUT2D eigenvalue weighted by Gasteiger charge is -2.29. The van der Waals surface area contributed by atoms with E-state index in [1.807, 2.05) is 29.2 Å². The van der Waals surface area contributed by atoms with Crippen LogP contribution in [0.1, 0.15) is 11.5 Å². The molecule has 2 atom stereocenters.